The third kappa shape index (κ3) is 6.45. The van der Waals surface area contributed by atoms with E-state index in [1.165, 1.54) is 45.3 Å². The monoisotopic (exact) mass is 619 g/mol. The van der Waals surface area contributed by atoms with Crippen molar-refractivity contribution in [1.82, 2.24) is 4.90 Å². The minimum Gasteiger partial charge on any atom is -0.497 e. The molecule has 1 heterocycles. The number of nitrogens with one attached hydrogen (secondary N) is 1. The van der Waals surface area contributed by atoms with E-state index < -0.39 is 26.6 Å². The Balaban J connectivity index is 1.49. The summed E-state index contributed by atoms with van der Waals surface area (Å²) >= 11 is 6.63. The second kappa shape index (κ2) is 13.1. The van der Waals surface area contributed by atoms with Crippen molar-refractivity contribution in [1.29, 1.82) is 0 Å². The summed E-state index contributed by atoms with van der Waals surface area (Å²) in [6, 6.07) is 12.8. The first-order valence-electron chi connectivity index (χ1n) is 14.2. The lowest BCUT2D eigenvalue weighted by molar-refractivity contribution is 0.177. The highest BCUT2D eigenvalue weighted by molar-refractivity contribution is 7.92. The largest absolute Gasteiger partial charge is 0.497 e. The van der Waals surface area contributed by atoms with Crippen LogP contribution in [0.1, 0.15) is 44.1 Å². The second-order valence-corrected chi connectivity index (χ2v) is 13.0. The van der Waals surface area contributed by atoms with Crippen molar-refractivity contribution < 1.29 is 26.7 Å². The first-order chi connectivity index (χ1) is 20.2. The Morgan fingerprint density at radius 1 is 0.976 bits per heavy atom. The van der Waals surface area contributed by atoms with Gasteiger partial charge in [0.1, 0.15) is 28.0 Å². The number of nitrogens with zero attached hydrogens (tertiary/aromatic N) is 2. The van der Waals surface area contributed by atoms with E-state index in [9.17, 15) is 12.8 Å². The summed E-state index contributed by atoms with van der Waals surface area (Å²) in [7, 11) is -1.60. The topological polar surface area (TPSA) is 71.1 Å². The molecule has 2 fully saturated rings. The van der Waals surface area contributed by atoms with Crippen LogP contribution in [0.2, 0.25) is 5.02 Å². The highest BCUT2D eigenvalue weighted by atomic mass is 35.5. The number of rotatable bonds is 10. The maximum Gasteiger partial charge on any atom is 0.267 e. The molecule has 7 nitrogen and oxygen atoms in total. The molecule has 3 aromatic rings. The Hall–Kier alpha value is -3.08. The van der Waals surface area contributed by atoms with Crippen LogP contribution in [0.25, 0.3) is 0 Å². The van der Waals surface area contributed by atoms with Crippen LogP contribution in [0.4, 0.5) is 20.2 Å². The number of anilines is 2. The molecule has 0 spiro atoms. The molecule has 0 radical (unpaired) electrons. The average Bonchev–Trinajstić information content (AvgIpc) is 3.52. The lowest BCUT2D eigenvalue weighted by Gasteiger charge is -2.39. The number of methoxy groups -OCH3 is 2. The predicted molar refractivity (Wildman–Crippen MR) is 161 cm³/mol. The van der Waals surface area contributed by atoms with Crippen LogP contribution in [0.15, 0.2) is 59.5 Å². The van der Waals surface area contributed by atoms with Crippen molar-refractivity contribution >= 4 is 33.0 Å². The van der Waals surface area contributed by atoms with Crippen LogP contribution in [0, 0.1) is 11.6 Å². The zero-order valence-electron chi connectivity index (χ0n) is 23.8. The van der Waals surface area contributed by atoms with E-state index in [4.69, 9.17) is 21.1 Å². The molecule has 3 aromatic carbocycles. The number of likely N-dealkylation sites (tertiary alicyclic amines) is 1. The molecule has 1 aliphatic heterocycles. The van der Waals surface area contributed by atoms with Gasteiger partial charge in [0.2, 0.25) is 0 Å². The average molecular weight is 620 g/mol. The Morgan fingerprint density at radius 2 is 1.74 bits per heavy atom. The summed E-state index contributed by atoms with van der Waals surface area (Å²) in [6.45, 7) is 1.85. The van der Waals surface area contributed by atoms with Gasteiger partial charge in [0.25, 0.3) is 10.0 Å². The third-order valence-corrected chi connectivity index (χ3v) is 10.3. The molecular weight excluding hydrogens is 584 g/mol. The molecule has 0 amide bonds. The first kappa shape index (κ1) is 30.4. The highest BCUT2D eigenvalue weighted by Gasteiger charge is 2.34. The van der Waals surface area contributed by atoms with Gasteiger partial charge < -0.3 is 14.8 Å². The van der Waals surface area contributed by atoms with E-state index in [-0.39, 0.29) is 23.3 Å². The van der Waals surface area contributed by atoms with Crippen molar-refractivity contribution in [2.75, 3.05) is 36.9 Å². The first-order valence-corrected chi connectivity index (χ1v) is 16.0. The van der Waals surface area contributed by atoms with E-state index in [2.05, 4.69) is 10.2 Å². The van der Waals surface area contributed by atoms with Gasteiger partial charge in [0, 0.05) is 23.7 Å². The summed E-state index contributed by atoms with van der Waals surface area (Å²) in [5.41, 5.74) is 0.862. The van der Waals surface area contributed by atoms with Gasteiger partial charge in [-0.05, 0) is 81.2 Å². The fraction of sp³-hybridized carbons (Fsp3) is 0.419. The lowest BCUT2D eigenvalue weighted by atomic mass is 9.89. The molecule has 0 unspecified atom stereocenters. The molecule has 226 valence electrons. The molecule has 2 aliphatic rings. The minimum atomic E-state index is -4.55. The number of hydrogen-bond donors (Lipinski definition) is 1. The van der Waals surface area contributed by atoms with E-state index in [0.717, 1.165) is 61.3 Å². The molecule has 5 rings (SSSR count). The van der Waals surface area contributed by atoms with E-state index in [1.807, 2.05) is 0 Å². The molecular formula is C31H36ClF2N3O4S. The number of halogens is 3. The van der Waals surface area contributed by atoms with E-state index in [1.54, 1.807) is 18.2 Å². The fourth-order valence-electron chi connectivity index (χ4n) is 6.03. The van der Waals surface area contributed by atoms with Crippen molar-refractivity contribution in [3.05, 3.63) is 76.8 Å². The SMILES string of the molecule is COc1ccc(CN(c2cccc(F)c2)S(=O)(=O)c2cc(Cl)c(N[C@H]3CCCC[C@@H]3N3CCCC3)cc2F)c(OC)c1. The normalized spacial score (nSPS) is 19.5. The van der Waals surface area contributed by atoms with Gasteiger partial charge in [-0.1, -0.05) is 30.5 Å². The standard InChI is InChI=1S/C31H36ClF2N3O4S/c1-40-24-13-12-21(30(17-24)41-2)20-37(23-9-7-8-22(33)16-23)42(38,39)31-18-25(32)28(19-26(31)34)35-27-10-3-4-11-29(27)36-14-5-6-15-36/h7-9,12-13,16-19,27,29,35H,3-6,10-11,14-15,20H2,1-2H3/t27-,29-/m0/s1. The van der Waals surface area contributed by atoms with Gasteiger partial charge in [-0.15, -0.1) is 0 Å². The Morgan fingerprint density at radius 3 is 2.45 bits per heavy atom. The minimum absolute atomic E-state index is 0.0289. The predicted octanol–water partition coefficient (Wildman–Crippen LogP) is 6.85. The number of ether oxygens (including phenoxy) is 2. The lowest BCUT2D eigenvalue weighted by Crippen LogP contribution is -2.47. The summed E-state index contributed by atoms with van der Waals surface area (Å²) in [5, 5.41) is 3.53. The van der Waals surface area contributed by atoms with Crippen LogP contribution in [-0.4, -0.2) is 52.7 Å². The molecule has 42 heavy (non-hydrogen) atoms. The molecule has 0 aromatic heterocycles. The zero-order chi connectivity index (χ0) is 29.9. The van der Waals surface area contributed by atoms with Gasteiger partial charge in [-0.3, -0.25) is 9.21 Å². The molecule has 1 aliphatic carbocycles. The van der Waals surface area contributed by atoms with Crippen molar-refractivity contribution in [3.63, 3.8) is 0 Å². The zero-order valence-corrected chi connectivity index (χ0v) is 25.4. The van der Waals surface area contributed by atoms with Crippen LogP contribution in [0.5, 0.6) is 11.5 Å². The third-order valence-electron chi connectivity index (χ3n) is 8.17. The van der Waals surface area contributed by atoms with Crippen molar-refractivity contribution in [2.24, 2.45) is 0 Å². The number of hydrogen-bond acceptors (Lipinski definition) is 6. The van der Waals surface area contributed by atoms with Gasteiger partial charge in [0.15, 0.2) is 0 Å². The molecule has 1 saturated heterocycles. The van der Waals surface area contributed by atoms with Crippen LogP contribution in [-0.2, 0) is 16.6 Å². The Labute approximate surface area is 251 Å². The second-order valence-electron chi connectivity index (χ2n) is 10.8. The van der Waals surface area contributed by atoms with Gasteiger partial charge >= 0.3 is 0 Å². The summed E-state index contributed by atoms with van der Waals surface area (Å²) in [4.78, 5) is 1.89. The number of benzene rings is 3. The maximum absolute atomic E-state index is 15.8. The summed E-state index contributed by atoms with van der Waals surface area (Å²) in [5.74, 6) is -0.698. The van der Waals surface area contributed by atoms with Crippen LogP contribution in [0.3, 0.4) is 0 Å². The van der Waals surface area contributed by atoms with Crippen molar-refractivity contribution in [2.45, 2.75) is 62.0 Å². The summed E-state index contributed by atoms with van der Waals surface area (Å²) < 4.78 is 69.9. The molecule has 2 atom stereocenters. The van der Waals surface area contributed by atoms with E-state index in [0.29, 0.717) is 28.8 Å². The van der Waals surface area contributed by atoms with Crippen LogP contribution >= 0.6 is 11.6 Å². The van der Waals surface area contributed by atoms with Gasteiger partial charge in [0.05, 0.1) is 37.2 Å². The van der Waals surface area contributed by atoms with Gasteiger partial charge in [-0.25, -0.2) is 17.2 Å². The summed E-state index contributed by atoms with van der Waals surface area (Å²) in [6.07, 6.45) is 6.54. The Bertz CT molecular complexity index is 1520. The number of sulfonamides is 1. The highest BCUT2D eigenvalue weighted by Crippen LogP contribution is 2.36. The van der Waals surface area contributed by atoms with Crippen LogP contribution < -0.4 is 19.1 Å². The molecule has 11 heteroatoms. The van der Waals surface area contributed by atoms with Crippen molar-refractivity contribution in [3.8, 4) is 11.5 Å². The van der Waals surface area contributed by atoms with E-state index >= 15 is 4.39 Å². The molecule has 1 saturated carbocycles. The quantitative estimate of drug-likeness (QED) is 0.268. The molecule has 1 N–H and O–H groups in total. The maximum atomic E-state index is 15.8. The smallest absolute Gasteiger partial charge is 0.267 e. The molecule has 0 bridgehead atoms. The Kier molecular flexibility index (Phi) is 9.44. The fourth-order valence-corrected chi connectivity index (χ4v) is 7.82. The van der Waals surface area contributed by atoms with Gasteiger partial charge in [-0.2, -0.15) is 0 Å².